The number of aryl methyl sites for hydroxylation is 1. The van der Waals surface area contributed by atoms with Gasteiger partial charge >= 0.3 is 5.69 Å². The monoisotopic (exact) mass is 374 g/mol. The van der Waals surface area contributed by atoms with Crippen LogP contribution in [0, 0.1) is 40.2 Å². The molecular weight excluding hydrogens is 344 g/mol. The molecule has 4 fully saturated rings. The van der Waals surface area contributed by atoms with E-state index in [0.29, 0.717) is 24.1 Å². The number of carbonyl (C=O) groups excluding carboxylic acids is 1. The summed E-state index contributed by atoms with van der Waals surface area (Å²) in [4.78, 5) is 23.1. The number of amides is 1. The van der Waals surface area contributed by atoms with Crippen LogP contribution in [0.1, 0.15) is 64.0 Å². The number of nitro groups is 1. The molecule has 0 unspecified atom stereocenters. The summed E-state index contributed by atoms with van der Waals surface area (Å²) in [5.74, 6) is 2.65. The molecule has 4 saturated carbocycles. The summed E-state index contributed by atoms with van der Waals surface area (Å²) in [5, 5.41) is 18.3. The van der Waals surface area contributed by atoms with E-state index in [2.05, 4.69) is 17.3 Å². The molecule has 4 aliphatic rings. The number of nitrogens with zero attached hydrogens (tertiary/aromatic N) is 3. The maximum atomic E-state index is 12.6. The summed E-state index contributed by atoms with van der Waals surface area (Å²) in [7, 11) is 0. The van der Waals surface area contributed by atoms with Crippen LogP contribution in [0.4, 0.5) is 5.69 Å². The molecule has 1 amide bonds. The van der Waals surface area contributed by atoms with Crippen LogP contribution >= 0.6 is 0 Å². The fourth-order valence-electron chi connectivity index (χ4n) is 6.61. The third kappa shape index (κ3) is 3.36. The van der Waals surface area contributed by atoms with E-state index in [1.807, 2.05) is 0 Å². The molecule has 4 aliphatic carbocycles. The second kappa shape index (κ2) is 6.91. The fourth-order valence-corrected chi connectivity index (χ4v) is 6.61. The number of hydrogen-bond acceptors (Lipinski definition) is 4. The van der Waals surface area contributed by atoms with Crippen molar-refractivity contribution < 1.29 is 9.72 Å². The Kier molecular flexibility index (Phi) is 4.72. The highest BCUT2D eigenvalue weighted by Gasteiger charge is 2.53. The molecular formula is C20H30N4O3. The number of carbonyl (C=O) groups is 1. The van der Waals surface area contributed by atoms with Gasteiger partial charge in [-0.15, -0.1) is 0 Å². The van der Waals surface area contributed by atoms with Gasteiger partial charge in [0.1, 0.15) is 11.9 Å². The van der Waals surface area contributed by atoms with Gasteiger partial charge in [-0.25, -0.2) is 0 Å². The summed E-state index contributed by atoms with van der Waals surface area (Å²) in [6, 6.07) is 0.256. The van der Waals surface area contributed by atoms with Crippen molar-refractivity contribution in [2.45, 2.75) is 77.8 Å². The van der Waals surface area contributed by atoms with Gasteiger partial charge in [-0.05, 0) is 75.0 Å². The van der Waals surface area contributed by atoms with Crippen LogP contribution < -0.4 is 5.32 Å². The minimum atomic E-state index is -0.431. The lowest BCUT2D eigenvalue weighted by Gasteiger charge is -2.59. The van der Waals surface area contributed by atoms with Gasteiger partial charge in [-0.2, -0.15) is 5.10 Å². The van der Waals surface area contributed by atoms with Crippen LogP contribution in [0.25, 0.3) is 0 Å². The van der Waals surface area contributed by atoms with E-state index in [0.717, 1.165) is 24.2 Å². The van der Waals surface area contributed by atoms with Crippen molar-refractivity contribution in [3.8, 4) is 0 Å². The zero-order valence-electron chi connectivity index (χ0n) is 16.3. The second-order valence-electron chi connectivity index (χ2n) is 9.15. The second-order valence-corrected chi connectivity index (χ2v) is 9.15. The molecule has 1 N–H and O–H groups in total. The van der Waals surface area contributed by atoms with Crippen LogP contribution in [-0.4, -0.2) is 26.7 Å². The van der Waals surface area contributed by atoms with Gasteiger partial charge in [-0.3, -0.25) is 19.6 Å². The van der Waals surface area contributed by atoms with Crippen LogP contribution in [0.2, 0.25) is 0 Å². The van der Waals surface area contributed by atoms with Crippen LogP contribution in [0.3, 0.4) is 0 Å². The molecule has 7 heteroatoms. The Hall–Kier alpha value is -1.92. The van der Waals surface area contributed by atoms with E-state index in [1.54, 1.807) is 11.6 Å². The first kappa shape index (κ1) is 18.4. The summed E-state index contributed by atoms with van der Waals surface area (Å²) < 4.78 is 1.56. The Morgan fingerprint density at radius 2 is 1.93 bits per heavy atom. The van der Waals surface area contributed by atoms with E-state index in [1.165, 1.54) is 44.7 Å². The molecule has 1 atom stereocenters. The minimum Gasteiger partial charge on any atom is -0.353 e. The minimum absolute atomic E-state index is 0.00964. The molecule has 0 aromatic carbocycles. The number of rotatable bonds is 7. The average molecular weight is 374 g/mol. The zero-order chi connectivity index (χ0) is 19.2. The molecule has 1 heterocycles. The Bertz CT molecular complexity index is 706. The summed E-state index contributed by atoms with van der Waals surface area (Å²) in [6.45, 7) is 4.24. The van der Waals surface area contributed by atoms with Crippen molar-refractivity contribution in [3.63, 3.8) is 0 Å². The molecule has 0 spiro atoms. The Balaban J connectivity index is 1.38. The maximum absolute atomic E-state index is 12.6. The molecule has 0 saturated heterocycles. The molecule has 148 valence electrons. The van der Waals surface area contributed by atoms with E-state index in [9.17, 15) is 14.9 Å². The highest BCUT2D eigenvalue weighted by Crippen LogP contribution is 2.61. The van der Waals surface area contributed by atoms with E-state index in [4.69, 9.17) is 0 Å². The molecule has 1 aromatic rings. The standard InChI is InChI=1S/C20H30N4O3/c1-3-18(20-9-14-6-15(10-20)8-16(7-14)11-20)22-19(25)4-5-23-13(2)17(12-21-23)24(26)27/h12,14-16,18H,3-11H2,1-2H3,(H,22,25)/t14?,15?,16?,18-,20?/m1/s1. The van der Waals surface area contributed by atoms with Crippen molar-refractivity contribution in [2.75, 3.05) is 0 Å². The summed E-state index contributed by atoms with van der Waals surface area (Å²) in [6.07, 6.45) is 10.6. The number of hydrogen-bond donors (Lipinski definition) is 1. The predicted octanol–water partition coefficient (Wildman–Crippen LogP) is 3.60. The van der Waals surface area contributed by atoms with Gasteiger partial charge in [-0.1, -0.05) is 6.92 Å². The third-order valence-corrected chi connectivity index (χ3v) is 7.39. The Morgan fingerprint density at radius 1 is 1.33 bits per heavy atom. The lowest BCUT2D eigenvalue weighted by molar-refractivity contribution is -0.385. The van der Waals surface area contributed by atoms with Gasteiger partial charge in [0, 0.05) is 12.5 Å². The van der Waals surface area contributed by atoms with Crippen LogP contribution in [0.15, 0.2) is 6.20 Å². The van der Waals surface area contributed by atoms with Crippen LogP contribution in [0.5, 0.6) is 0 Å². The van der Waals surface area contributed by atoms with E-state index < -0.39 is 4.92 Å². The topological polar surface area (TPSA) is 90.1 Å². The van der Waals surface area contributed by atoms with Crippen molar-refractivity contribution >= 4 is 11.6 Å². The lowest BCUT2D eigenvalue weighted by atomic mass is 9.47. The van der Waals surface area contributed by atoms with E-state index in [-0.39, 0.29) is 17.6 Å². The van der Waals surface area contributed by atoms with Crippen molar-refractivity contribution in [3.05, 3.63) is 22.0 Å². The lowest BCUT2D eigenvalue weighted by Crippen LogP contribution is -2.56. The van der Waals surface area contributed by atoms with Gasteiger partial charge in [0.25, 0.3) is 0 Å². The molecule has 5 rings (SSSR count). The van der Waals surface area contributed by atoms with Gasteiger partial charge in [0.15, 0.2) is 0 Å². The molecule has 0 aliphatic heterocycles. The quantitative estimate of drug-likeness (QED) is 0.583. The maximum Gasteiger partial charge on any atom is 0.309 e. The van der Waals surface area contributed by atoms with Gasteiger partial charge < -0.3 is 5.32 Å². The first-order valence-corrected chi connectivity index (χ1v) is 10.4. The first-order chi connectivity index (χ1) is 12.9. The smallest absolute Gasteiger partial charge is 0.309 e. The van der Waals surface area contributed by atoms with Crippen molar-refractivity contribution in [1.82, 2.24) is 15.1 Å². The van der Waals surface area contributed by atoms with Crippen molar-refractivity contribution in [1.29, 1.82) is 0 Å². The van der Waals surface area contributed by atoms with Crippen LogP contribution in [-0.2, 0) is 11.3 Å². The molecule has 1 aromatic heterocycles. The highest BCUT2D eigenvalue weighted by atomic mass is 16.6. The first-order valence-electron chi connectivity index (χ1n) is 10.4. The third-order valence-electron chi connectivity index (χ3n) is 7.39. The SMILES string of the molecule is CC[C@@H](NC(=O)CCn1ncc([N+](=O)[O-])c1C)C12CC3CC(CC(C3)C1)C2. The van der Waals surface area contributed by atoms with Crippen molar-refractivity contribution in [2.24, 2.45) is 23.2 Å². The predicted molar refractivity (Wildman–Crippen MR) is 101 cm³/mol. The van der Waals surface area contributed by atoms with E-state index >= 15 is 0 Å². The molecule has 4 bridgehead atoms. The summed E-state index contributed by atoms with van der Waals surface area (Å²) in [5.41, 5.74) is 0.816. The highest BCUT2D eigenvalue weighted by molar-refractivity contribution is 5.76. The van der Waals surface area contributed by atoms with Gasteiger partial charge in [0.05, 0.1) is 11.5 Å². The normalized spacial score (nSPS) is 32.4. The summed E-state index contributed by atoms with van der Waals surface area (Å²) >= 11 is 0. The number of nitrogens with one attached hydrogen (secondary N) is 1. The van der Waals surface area contributed by atoms with Gasteiger partial charge in [0.2, 0.25) is 5.91 Å². The largest absolute Gasteiger partial charge is 0.353 e. The number of aromatic nitrogens is 2. The average Bonchev–Trinajstić information content (AvgIpc) is 2.97. The zero-order valence-corrected chi connectivity index (χ0v) is 16.3. The Labute approximate surface area is 160 Å². The fraction of sp³-hybridized carbons (Fsp3) is 0.800. The Morgan fingerprint density at radius 3 is 2.41 bits per heavy atom. The molecule has 0 radical (unpaired) electrons. The molecule has 27 heavy (non-hydrogen) atoms. The molecule has 7 nitrogen and oxygen atoms in total.